The van der Waals surface area contributed by atoms with Crippen LogP contribution in [-0.2, 0) is 6.18 Å². The van der Waals surface area contributed by atoms with Gasteiger partial charge in [0, 0.05) is 60.0 Å². The lowest BCUT2D eigenvalue weighted by molar-refractivity contribution is -0.137. The van der Waals surface area contributed by atoms with E-state index in [4.69, 9.17) is 6.57 Å². The van der Waals surface area contributed by atoms with E-state index in [-0.39, 0.29) is 0 Å². The topological polar surface area (TPSA) is 24.1 Å². The van der Waals surface area contributed by atoms with Crippen molar-refractivity contribution in [2.24, 2.45) is 0 Å². The van der Waals surface area contributed by atoms with Crippen molar-refractivity contribution in [2.45, 2.75) is 13.1 Å². The first-order chi connectivity index (χ1) is 37.7. The highest BCUT2D eigenvalue weighted by Gasteiger charge is 2.31. The Kier molecular flexibility index (Phi) is 9.63. The maximum atomic E-state index is 14.2. The van der Waals surface area contributed by atoms with Crippen LogP contribution in [-0.4, -0.2) is 18.3 Å². The van der Waals surface area contributed by atoms with Crippen molar-refractivity contribution < 1.29 is 13.2 Å². The van der Waals surface area contributed by atoms with Gasteiger partial charge in [0.25, 0.3) is 0 Å². The summed E-state index contributed by atoms with van der Waals surface area (Å²) in [5.41, 5.74) is 15.5. The second-order valence-corrected chi connectivity index (χ2v) is 19.9. The van der Waals surface area contributed by atoms with E-state index in [2.05, 4.69) is 211 Å². The van der Waals surface area contributed by atoms with Crippen molar-refractivity contribution in [3.05, 3.63) is 259 Å². The molecular formula is C69H42F3N5. The van der Waals surface area contributed by atoms with Crippen LogP contribution in [0.2, 0.25) is 0 Å². The number of rotatable bonds is 6. The van der Waals surface area contributed by atoms with Gasteiger partial charge < -0.3 is 18.3 Å². The lowest BCUT2D eigenvalue weighted by Gasteiger charge is -2.21. The molecule has 0 amide bonds. The SMILES string of the molecule is [C-]#[N+]c1ccc(-n2c3ccccc3c3c2ccc2c4ccccc4n(-c4ccccc4)c23)c(-c2ccc(-c3ccc(C(F)(F)F)cc3C)cc2-n2c3ccccc3c3c2ccc2c4ccccc4n(-c4ccccc4)c23)c1. The average Bonchev–Trinajstić information content (AvgIpc) is 4.41. The summed E-state index contributed by atoms with van der Waals surface area (Å²) in [4.78, 5) is 4.04. The van der Waals surface area contributed by atoms with Crippen molar-refractivity contribution in [1.29, 1.82) is 0 Å². The van der Waals surface area contributed by atoms with Gasteiger partial charge in [0.15, 0.2) is 5.69 Å². The van der Waals surface area contributed by atoms with Gasteiger partial charge in [0.1, 0.15) is 0 Å². The molecule has 0 bridgehead atoms. The molecule has 0 saturated heterocycles. The minimum absolute atomic E-state index is 0.473. The fraction of sp³-hybridized carbons (Fsp3) is 0.0290. The number of alkyl halides is 3. The van der Waals surface area contributed by atoms with E-state index < -0.39 is 11.7 Å². The van der Waals surface area contributed by atoms with Gasteiger partial charge in [-0.3, -0.25) is 0 Å². The summed E-state index contributed by atoms with van der Waals surface area (Å²) in [7, 11) is 0. The first-order valence-corrected chi connectivity index (χ1v) is 25.6. The van der Waals surface area contributed by atoms with E-state index in [0.29, 0.717) is 16.8 Å². The molecule has 0 saturated carbocycles. The number of para-hydroxylation sites is 6. The quantitative estimate of drug-likeness (QED) is 0.148. The van der Waals surface area contributed by atoms with Crippen LogP contribution >= 0.6 is 0 Å². The highest BCUT2D eigenvalue weighted by Crippen LogP contribution is 2.48. The highest BCUT2D eigenvalue weighted by molar-refractivity contribution is 6.28. The van der Waals surface area contributed by atoms with Crippen molar-refractivity contribution in [1.82, 2.24) is 18.3 Å². The van der Waals surface area contributed by atoms with Gasteiger partial charge in [0.2, 0.25) is 0 Å². The Bertz CT molecular complexity index is 4990. The monoisotopic (exact) mass is 997 g/mol. The number of benzene rings is 11. The molecule has 0 N–H and O–H groups in total. The summed E-state index contributed by atoms with van der Waals surface area (Å²) < 4.78 is 52.0. The maximum absolute atomic E-state index is 14.2. The van der Waals surface area contributed by atoms with E-state index in [1.54, 1.807) is 13.0 Å². The predicted octanol–water partition coefficient (Wildman–Crippen LogP) is 19.3. The van der Waals surface area contributed by atoms with Crippen molar-refractivity contribution in [3.63, 3.8) is 0 Å². The largest absolute Gasteiger partial charge is 0.416 e. The minimum atomic E-state index is -4.49. The number of fused-ring (bicyclic) bond motifs is 14. The first-order valence-electron chi connectivity index (χ1n) is 25.6. The molecule has 15 rings (SSSR count). The van der Waals surface area contributed by atoms with Crippen LogP contribution in [0.15, 0.2) is 237 Å². The van der Waals surface area contributed by atoms with Gasteiger partial charge in [0.05, 0.1) is 67.6 Å². The Hall–Kier alpha value is -10.1. The lowest BCUT2D eigenvalue weighted by Crippen LogP contribution is -2.05. The summed E-state index contributed by atoms with van der Waals surface area (Å²) >= 11 is 0. The van der Waals surface area contributed by atoms with E-state index in [0.717, 1.165) is 127 Å². The third-order valence-electron chi connectivity index (χ3n) is 15.7. The minimum Gasteiger partial charge on any atom is -0.309 e. The van der Waals surface area contributed by atoms with Crippen molar-refractivity contribution >= 4 is 92.9 Å². The molecule has 77 heavy (non-hydrogen) atoms. The van der Waals surface area contributed by atoms with E-state index in [1.165, 1.54) is 12.1 Å². The van der Waals surface area contributed by atoms with Gasteiger partial charge in [-0.25, -0.2) is 4.85 Å². The molecule has 0 aliphatic rings. The second-order valence-electron chi connectivity index (χ2n) is 19.9. The summed E-state index contributed by atoms with van der Waals surface area (Å²) in [6, 6.07) is 80.2. The molecule has 0 unspecified atom stereocenters. The third-order valence-corrected chi connectivity index (χ3v) is 15.7. The zero-order valence-corrected chi connectivity index (χ0v) is 41.4. The summed E-state index contributed by atoms with van der Waals surface area (Å²) in [6.45, 7) is 10.2. The molecule has 0 aliphatic heterocycles. The molecule has 0 spiro atoms. The molecule has 0 atom stereocenters. The van der Waals surface area contributed by atoms with E-state index in [9.17, 15) is 13.2 Å². The fourth-order valence-corrected chi connectivity index (χ4v) is 12.5. The molecule has 0 radical (unpaired) electrons. The smallest absolute Gasteiger partial charge is 0.309 e. The molecule has 4 heterocycles. The molecule has 364 valence electrons. The third kappa shape index (κ3) is 6.54. The Morgan fingerprint density at radius 1 is 0.364 bits per heavy atom. The number of nitrogens with zero attached hydrogens (tertiary/aromatic N) is 5. The molecule has 4 aromatic heterocycles. The van der Waals surface area contributed by atoms with E-state index in [1.807, 2.05) is 30.3 Å². The lowest BCUT2D eigenvalue weighted by atomic mass is 9.93. The zero-order chi connectivity index (χ0) is 51.7. The summed E-state index contributed by atoms with van der Waals surface area (Å²) in [6.07, 6.45) is -4.49. The molecular weight excluding hydrogens is 956 g/mol. The fourth-order valence-electron chi connectivity index (χ4n) is 12.5. The van der Waals surface area contributed by atoms with Gasteiger partial charge >= 0.3 is 6.18 Å². The van der Waals surface area contributed by atoms with Crippen LogP contribution in [0, 0.1) is 13.5 Å². The van der Waals surface area contributed by atoms with Crippen LogP contribution < -0.4 is 0 Å². The molecule has 0 aliphatic carbocycles. The van der Waals surface area contributed by atoms with Crippen LogP contribution in [0.3, 0.4) is 0 Å². The van der Waals surface area contributed by atoms with Gasteiger partial charge in [-0.15, -0.1) is 0 Å². The van der Waals surface area contributed by atoms with Gasteiger partial charge in [-0.1, -0.05) is 146 Å². The Labute approximate surface area is 439 Å². The van der Waals surface area contributed by atoms with Crippen LogP contribution in [0.4, 0.5) is 18.9 Å². The number of hydrogen-bond acceptors (Lipinski definition) is 0. The normalized spacial score (nSPS) is 12.1. The Balaban J connectivity index is 1.07. The Morgan fingerprint density at radius 2 is 0.831 bits per heavy atom. The number of halogens is 3. The maximum Gasteiger partial charge on any atom is 0.416 e. The van der Waals surface area contributed by atoms with Gasteiger partial charge in [-0.2, -0.15) is 13.2 Å². The predicted molar refractivity (Wildman–Crippen MR) is 311 cm³/mol. The highest BCUT2D eigenvalue weighted by atomic mass is 19.4. The second kappa shape index (κ2) is 16.7. The Morgan fingerprint density at radius 3 is 1.34 bits per heavy atom. The summed E-state index contributed by atoms with van der Waals surface area (Å²) in [5, 5.41) is 8.86. The average molecular weight is 998 g/mol. The first kappa shape index (κ1) is 44.4. The van der Waals surface area contributed by atoms with Crippen molar-refractivity contribution in [2.75, 3.05) is 0 Å². The zero-order valence-electron chi connectivity index (χ0n) is 41.4. The van der Waals surface area contributed by atoms with Crippen molar-refractivity contribution in [3.8, 4) is 45.0 Å². The molecule has 15 aromatic rings. The molecule has 0 fully saturated rings. The standard InChI is InChI=1S/C69H42F3N5/c1-42-39-44(69(70,71)72)30-33-48(42)43-29-32-51(64(40-43)77-60-28-16-12-24-55(60)66-63(77)38-35-53-50-22-10-14-26-58(50)75(68(53)66)47-19-7-4-8-20-47)56-41-45(73-2)31-36-61(56)76-59-27-15-11-23-54(59)65-62(76)37-34-52-49-21-9-13-25-57(49)74(67(52)65)46-17-5-3-6-18-46/h3-41H,1H3. The molecule has 11 aromatic carbocycles. The van der Waals surface area contributed by atoms with Gasteiger partial charge in [-0.05, 0) is 120 Å². The number of aromatic nitrogens is 4. The van der Waals surface area contributed by atoms with Crippen LogP contribution in [0.5, 0.6) is 0 Å². The summed E-state index contributed by atoms with van der Waals surface area (Å²) in [5.74, 6) is 0. The van der Waals surface area contributed by atoms with E-state index >= 15 is 0 Å². The molecule has 8 heteroatoms. The number of aryl methyl sites for hydroxylation is 1. The van der Waals surface area contributed by atoms with Crippen LogP contribution in [0.25, 0.3) is 137 Å². The van der Waals surface area contributed by atoms with Crippen LogP contribution in [0.1, 0.15) is 11.1 Å². The number of hydrogen-bond donors (Lipinski definition) is 0. The molecule has 5 nitrogen and oxygen atoms in total.